The summed E-state index contributed by atoms with van der Waals surface area (Å²) in [6, 6.07) is 18.8. The van der Waals surface area contributed by atoms with Gasteiger partial charge in [-0.3, -0.25) is 9.59 Å². The number of hydrogen-bond acceptors (Lipinski definition) is 9. The van der Waals surface area contributed by atoms with E-state index in [1.54, 1.807) is 44.7 Å². The van der Waals surface area contributed by atoms with E-state index in [0.717, 1.165) is 16.8 Å². The number of benzene rings is 3. The molecule has 0 spiro atoms. The molecule has 48 heavy (non-hydrogen) atoms. The molecule has 1 aliphatic heterocycles. The highest BCUT2D eigenvalue weighted by atomic mass is 32.2. The molecule has 1 aromatic heterocycles. The Morgan fingerprint density at radius 2 is 1.67 bits per heavy atom. The summed E-state index contributed by atoms with van der Waals surface area (Å²) in [5.41, 5.74) is 2.64. The summed E-state index contributed by atoms with van der Waals surface area (Å²) in [4.78, 5) is 26.5. The zero-order valence-corrected chi connectivity index (χ0v) is 28.6. The molecule has 0 bridgehead atoms. The number of rotatable bonds is 13. The van der Waals surface area contributed by atoms with E-state index in [1.807, 2.05) is 24.3 Å². The lowest BCUT2D eigenvalue weighted by Crippen LogP contribution is -2.30. The first-order chi connectivity index (χ1) is 23.0. The van der Waals surface area contributed by atoms with Crippen LogP contribution < -0.4 is 10.1 Å². The standard InChI is InChI=1S/C33H36FN7O5S2/c1-5-40(6-2)48(44,45)27-17-11-24(12-18-27)32(43)35-20-30-36-37-33(39(30)3)47-21-31(42)41-29(23-7-13-25(34)14-8-23)19-28(38-41)22-9-15-26(46-4)16-10-22/h7-18,29H,5-6,19-21H2,1-4H3,(H,35,43). The number of ether oxygens (including phenoxy) is 1. The molecule has 1 N–H and O–H groups in total. The molecule has 3 aromatic carbocycles. The molecular formula is C33H36FN7O5S2. The molecule has 252 valence electrons. The Bertz CT molecular complexity index is 1890. The highest BCUT2D eigenvalue weighted by molar-refractivity contribution is 7.99. The zero-order chi connectivity index (χ0) is 34.4. The van der Waals surface area contributed by atoms with Crippen molar-refractivity contribution in [3.05, 3.63) is 101 Å². The maximum Gasteiger partial charge on any atom is 0.253 e. The molecule has 1 atom stereocenters. The predicted octanol–water partition coefficient (Wildman–Crippen LogP) is 4.39. The fourth-order valence-corrected chi connectivity index (χ4v) is 7.45. The summed E-state index contributed by atoms with van der Waals surface area (Å²) in [5, 5.41) is 17.7. The van der Waals surface area contributed by atoms with Gasteiger partial charge in [0.2, 0.25) is 10.0 Å². The Labute approximate surface area is 283 Å². The van der Waals surface area contributed by atoms with Crippen LogP contribution in [0.15, 0.2) is 87.9 Å². The Morgan fingerprint density at radius 1 is 1.00 bits per heavy atom. The largest absolute Gasteiger partial charge is 0.497 e. The molecule has 12 nitrogen and oxygen atoms in total. The van der Waals surface area contributed by atoms with Gasteiger partial charge in [-0.25, -0.2) is 17.8 Å². The van der Waals surface area contributed by atoms with Crippen molar-refractivity contribution in [1.82, 2.24) is 29.4 Å². The van der Waals surface area contributed by atoms with Gasteiger partial charge in [-0.15, -0.1) is 10.2 Å². The first-order valence-electron chi connectivity index (χ1n) is 15.2. The van der Waals surface area contributed by atoms with Crippen molar-refractivity contribution >= 4 is 39.3 Å². The minimum absolute atomic E-state index is 0.0121. The van der Waals surface area contributed by atoms with Crippen molar-refractivity contribution in [2.75, 3.05) is 26.0 Å². The van der Waals surface area contributed by atoms with Crippen LogP contribution in [0.1, 0.15) is 53.6 Å². The van der Waals surface area contributed by atoms with Crippen molar-refractivity contribution in [3.63, 3.8) is 0 Å². The first-order valence-corrected chi connectivity index (χ1v) is 17.7. The zero-order valence-electron chi connectivity index (χ0n) is 27.0. The van der Waals surface area contributed by atoms with E-state index in [0.29, 0.717) is 41.8 Å². The molecule has 15 heteroatoms. The van der Waals surface area contributed by atoms with E-state index in [2.05, 4.69) is 20.6 Å². The Morgan fingerprint density at radius 3 is 2.29 bits per heavy atom. The van der Waals surface area contributed by atoms with Crippen molar-refractivity contribution in [2.45, 2.75) is 42.9 Å². The van der Waals surface area contributed by atoms with Gasteiger partial charge < -0.3 is 14.6 Å². The monoisotopic (exact) mass is 693 g/mol. The molecule has 0 radical (unpaired) electrons. The predicted molar refractivity (Wildman–Crippen MR) is 180 cm³/mol. The van der Waals surface area contributed by atoms with Gasteiger partial charge >= 0.3 is 0 Å². The van der Waals surface area contributed by atoms with Crippen molar-refractivity contribution in [3.8, 4) is 5.75 Å². The number of hydrazone groups is 1. The normalized spacial score (nSPS) is 14.7. The number of halogens is 1. The molecule has 1 aliphatic rings. The molecule has 0 aliphatic carbocycles. The molecule has 5 rings (SSSR count). The van der Waals surface area contributed by atoms with Crippen LogP contribution in [-0.2, 0) is 28.4 Å². The lowest BCUT2D eigenvalue weighted by molar-refractivity contribution is -0.130. The Balaban J connectivity index is 1.22. The minimum atomic E-state index is -3.63. The van der Waals surface area contributed by atoms with Gasteiger partial charge in [-0.05, 0) is 71.8 Å². The van der Waals surface area contributed by atoms with Crippen molar-refractivity contribution in [2.24, 2.45) is 12.1 Å². The van der Waals surface area contributed by atoms with Crippen LogP contribution in [0.5, 0.6) is 5.75 Å². The Kier molecular flexibility index (Phi) is 10.9. The molecule has 0 fully saturated rings. The summed E-state index contributed by atoms with van der Waals surface area (Å²) in [6.07, 6.45) is 0.455. The van der Waals surface area contributed by atoms with E-state index < -0.39 is 22.0 Å². The average molecular weight is 694 g/mol. The smallest absolute Gasteiger partial charge is 0.253 e. The number of carbonyl (C=O) groups excluding carboxylic acids is 2. The molecule has 4 aromatic rings. The third-order valence-corrected chi connectivity index (χ3v) is 11.0. The number of hydrogen-bond donors (Lipinski definition) is 1. The minimum Gasteiger partial charge on any atom is -0.497 e. The van der Waals surface area contributed by atoms with Gasteiger partial charge in [0.1, 0.15) is 11.6 Å². The van der Waals surface area contributed by atoms with E-state index in [4.69, 9.17) is 4.74 Å². The van der Waals surface area contributed by atoms with Crippen molar-refractivity contribution in [1.29, 1.82) is 0 Å². The molecule has 0 saturated heterocycles. The van der Waals surface area contributed by atoms with Gasteiger partial charge in [-0.1, -0.05) is 37.7 Å². The van der Waals surface area contributed by atoms with E-state index in [-0.39, 0.29) is 28.9 Å². The first kappa shape index (κ1) is 34.7. The maximum absolute atomic E-state index is 13.7. The lowest BCUT2D eigenvalue weighted by Gasteiger charge is -2.22. The SMILES string of the molecule is CCN(CC)S(=O)(=O)c1ccc(C(=O)NCc2nnc(SCC(=O)N3N=C(c4ccc(OC)cc4)CC3c3ccc(F)cc3)n2C)cc1. The summed E-state index contributed by atoms with van der Waals surface area (Å²) in [7, 11) is -0.306. The number of amides is 2. The van der Waals surface area contributed by atoms with Crippen LogP contribution in [-0.4, -0.2) is 76.0 Å². The van der Waals surface area contributed by atoms with Gasteiger partial charge in [0.15, 0.2) is 11.0 Å². The van der Waals surface area contributed by atoms with E-state index >= 15 is 0 Å². The maximum atomic E-state index is 13.7. The molecule has 0 saturated carbocycles. The van der Waals surface area contributed by atoms with Crippen LogP contribution in [0.25, 0.3) is 0 Å². The fourth-order valence-electron chi connectivity index (χ4n) is 5.21. The number of nitrogens with zero attached hydrogens (tertiary/aromatic N) is 6. The summed E-state index contributed by atoms with van der Waals surface area (Å²) in [6.45, 7) is 4.29. The third kappa shape index (κ3) is 7.58. The lowest BCUT2D eigenvalue weighted by atomic mass is 9.98. The number of aromatic nitrogens is 3. The number of nitrogens with one attached hydrogen (secondary N) is 1. The number of methoxy groups -OCH3 is 1. The Hall–Kier alpha value is -4.60. The summed E-state index contributed by atoms with van der Waals surface area (Å²) in [5.74, 6) is 0.150. The number of thioether (sulfide) groups is 1. The number of sulfonamides is 1. The van der Waals surface area contributed by atoms with Crippen LogP contribution in [0.2, 0.25) is 0 Å². The van der Waals surface area contributed by atoms with Crippen molar-refractivity contribution < 1.29 is 27.1 Å². The van der Waals surface area contributed by atoms with Crippen LogP contribution in [0.4, 0.5) is 4.39 Å². The second-order valence-corrected chi connectivity index (χ2v) is 13.7. The molecule has 2 amide bonds. The second-order valence-electron chi connectivity index (χ2n) is 10.8. The van der Waals surface area contributed by atoms with Gasteiger partial charge in [0.05, 0.1) is 36.1 Å². The van der Waals surface area contributed by atoms with Crippen LogP contribution in [0.3, 0.4) is 0 Å². The molecule has 1 unspecified atom stereocenters. The third-order valence-electron chi connectivity index (χ3n) is 7.96. The second kappa shape index (κ2) is 15.1. The van der Waals surface area contributed by atoms with Gasteiger partial charge in [0, 0.05) is 32.1 Å². The van der Waals surface area contributed by atoms with Crippen LogP contribution in [0, 0.1) is 5.82 Å². The summed E-state index contributed by atoms with van der Waals surface area (Å²) >= 11 is 1.18. The van der Waals surface area contributed by atoms with E-state index in [1.165, 1.54) is 57.5 Å². The van der Waals surface area contributed by atoms with Crippen LogP contribution >= 0.6 is 11.8 Å². The highest BCUT2D eigenvalue weighted by Crippen LogP contribution is 2.34. The topological polar surface area (TPSA) is 139 Å². The quantitative estimate of drug-likeness (QED) is 0.204. The molecular weight excluding hydrogens is 658 g/mol. The van der Waals surface area contributed by atoms with Gasteiger partial charge in [0.25, 0.3) is 11.8 Å². The summed E-state index contributed by atoms with van der Waals surface area (Å²) < 4.78 is 47.5. The highest BCUT2D eigenvalue weighted by Gasteiger charge is 2.33. The van der Waals surface area contributed by atoms with Gasteiger partial charge in [-0.2, -0.15) is 9.41 Å². The fraction of sp³-hybridized carbons (Fsp3) is 0.303. The average Bonchev–Trinajstić information content (AvgIpc) is 3.70. The molecule has 2 heterocycles. The van der Waals surface area contributed by atoms with E-state index in [9.17, 15) is 22.4 Å². The number of carbonyl (C=O) groups is 2.